The molecule has 1 aromatic heterocycles. The Kier molecular flexibility index (Phi) is 3.52. The lowest BCUT2D eigenvalue weighted by atomic mass is 9.97. The van der Waals surface area contributed by atoms with Gasteiger partial charge in [0.15, 0.2) is 0 Å². The van der Waals surface area contributed by atoms with Gasteiger partial charge in [0.25, 0.3) is 0 Å². The van der Waals surface area contributed by atoms with Crippen LogP contribution in [0.1, 0.15) is 37.1 Å². The van der Waals surface area contributed by atoms with Gasteiger partial charge in [-0.05, 0) is 24.3 Å². The lowest BCUT2D eigenvalue weighted by molar-refractivity contribution is -0.115. The van der Waals surface area contributed by atoms with Gasteiger partial charge >= 0.3 is 0 Å². The Labute approximate surface area is 135 Å². The van der Waals surface area contributed by atoms with Crippen LogP contribution in [-0.2, 0) is 17.8 Å². The van der Waals surface area contributed by atoms with Crippen molar-refractivity contribution in [3.8, 4) is 0 Å². The molecule has 2 aliphatic rings. The van der Waals surface area contributed by atoms with E-state index in [4.69, 9.17) is 4.98 Å². The number of nitrogens with zero attached hydrogens (tertiary/aromatic N) is 2. The summed E-state index contributed by atoms with van der Waals surface area (Å²) in [6.07, 6.45) is 4.79. The Hall–Kier alpha value is -2.36. The van der Waals surface area contributed by atoms with Gasteiger partial charge in [0, 0.05) is 25.1 Å². The quantitative estimate of drug-likeness (QED) is 0.922. The second-order valence-corrected chi connectivity index (χ2v) is 6.41. The number of benzene rings is 1. The van der Waals surface area contributed by atoms with E-state index in [0.717, 1.165) is 47.9 Å². The lowest BCUT2D eigenvalue weighted by Crippen LogP contribution is -2.36. The molecule has 1 atom stereocenters. The van der Waals surface area contributed by atoms with Crippen LogP contribution in [0.25, 0.3) is 11.6 Å². The van der Waals surface area contributed by atoms with Crippen molar-refractivity contribution in [3.05, 3.63) is 52.4 Å². The molecular formula is C19H21N3O. The molecule has 0 fully saturated rings. The smallest absolute Gasteiger partial charge is 0.249 e. The average molecular weight is 307 g/mol. The first kappa shape index (κ1) is 14.2. The Morgan fingerprint density at radius 1 is 1.30 bits per heavy atom. The number of carbonyl (C=O) groups is 1. The second-order valence-electron chi connectivity index (χ2n) is 6.41. The Balaban J connectivity index is 1.78. The van der Waals surface area contributed by atoms with Crippen molar-refractivity contribution in [2.24, 2.45) is 0 Å². The molecule has 4 heteroatoms. The first-order chi connectivity index (χ1) is 11.2. The molecule has 2 aromatic rings. The van der Waals surface area contributed by atoms with E-state index >= 15 is 0 Å². The summed E-state index contributed by atoms with van der Waals surface area (Å²) in [5.74, 6) is 1.59. The fourth-order valence-electron chi connectivity index (χ4n) is 3.63. The lowest BCUT2D eigenvalue weighted by Gasteiger charge is -2.13. The van der Waals surface area contributed by atoms with Gasteiger partial charge < -0.3 is 9.88 Å². The zero-order chi connectivity index (χ0) is 15.8. The molecule has 1 aliphatic carbocycles. The number of carbonyl (C=O) groups excluding carboxylic acids is 1. The van der Waals surface area contributed by atoms with Crippen molar-refractivity contribution in [2.75, 3.05) is 6.54 Å². The highest BCUT2D eigenvalue weighted by molar-refractivity contribution is 6.13. The van der Waals surface area contributed by atoms with Crippen LogP contribution in [0.15, 0.2) is 30.3 Å². The zero-order valence-corrected chi connectivity index (χ0v) is 13.4. The number of nitrogens with one attached hydrogen (secondary N) is 1. The molecule has 118 valence electrons. The third-order valence-corrected chi connectivity index (χ3v) is 4.84. The monoisotopic (exact) mass is 307 g/mol. The highest BCUT2D eigenvalue weighted by Gasteiger charge is 2.22. The van der Waals surface area contributed by atoms with Crippen molar-refractivity contribution in [1.82, 2.24) is 14.9 Å². The topological polar surface area (TPSA) is 46.9 Å². The van der Waals surface area contributed by atoms with Crippen LogP contribution < -0.4 is 16.0 Å². The van der Waals surface area contributed by atoms with Gasteiger partial charge in [0.2, 0.25) is 5.91 Å². The maximum atomic E-state index is 12.2. The first-order valence-electron chi connectivity index (χ1n) is 8.36. The highest BCUT2D eigenvalue weighted by atomic mass is 16.1. The average Bonchev–Trinajstić information content (AvgIpc) is 2.82. The van der Waals surface area contributed by atoms with Crippen LogP contribution in [0.4, 0.5) is 0 Å². The van der Waals surface area contributed by atoms with E-state index in [9.17, 15) is 4.79 Å². The standard InChI is InChI=1S/C19H21N3O/c1-13(14-6-3-2-4-7-14)12-17-21-16-9-5-8-15-18(16)22(17)11-10-20-19(15)23/h2-4,6-7,9,13H,5,8,10-12H2,1H3,(H,20,23). The fourth-order valence-corrected chi connectivity index (χ4v) is 3.63. The summed E-state index contributed by atoms with van der Waals surface area (Å²) in [7, 11) is 0. The van der Waals surface area contributed by atoms with Crippen LogP contribution in [0.3, 0.4) is 0 Å². The molecule has 4 nitrogen and oxygen atoms in total. The molecule has 1 aromatic carbocycles. The fraction of sp³-hybridized carbons (Fsp3) is 0.368. The first-order valence-corrected chi connectivity index (χ1v) is 8.36. The number of hydrogen-bond donors (Lipinski definition) is 1. The predicted octanol–water partition coefficient (Wildman–Crippen LogP) is 1.08. The summed E-state index contributed by atoms with van der Waals surface area (Å²) in [6.45, 7) is 3.73. The Bertz CT molecular complexity index is 864. The minimum atomic E-state index is 0.0839. The molecule has 4 rings (SSSR count). The largest absolute Gasteiger partial charge is 0.350 e. The van der Waals surface area contributed by atoms with Crippen molar-refractivity contribution >= 4 is 17.6 Å². The van der Waals surface area contributed by atoms with E-state index in [1.807, 2.05) is 6.07 Å². The van der Waals surface area contributed by atoms with Crippen molar-refractivity contribution in [2.45, 2.75) is 38.6 Å². The number of hydrogen-bond acceptors (Lipinski definition) is 2. The second kappa shape index (κ2) is 5.69. The third kappa shape index (κ3) is 2.48. The van der Waals surface area contributed by atoms with E-state index in [2.05, 4.69) is 47.1 Å². The van der Waals surface area contributed by atoms with Gasteiger partial charge in [-0.25, -0.2) is 4.98 Å². The number of aromatic nitrogens is 2. The Morgan fingerprint density at radius 2 is 2.13 bits per heavy atom. The summed E-state index contributed by atoms with van der Waals surface area (Å²) in [6, 6.07) is 10.6. The van der Waals surface area contributed by atoms with Gasteiger partial charge in [-0.3, -0.25) is 4.79 Å². The summed E-state index contributed by atoms with van der Waals surface area (Å²) in [4.78, 5) is 17.1. The van der Waals surface area contributed by atoms with E-state index < -0.39 is 0 Å². The van der Waals surface area contributed by atoms with Gasteiger partial charge in [0.1, 0.15) is 5.82 Å². The zero-order valence-electron chi connectivity index (χ0n) is 13.4. The summed E-state index contributed by atoms with van der Waals surface area (Å²) in [5.41, 5.74) is 2.24. The van der Waals surface area contributed by atoms with Gasteiger partial charge in [-0.2, -0.15) is 0 Å². The van der Waals surface area contributed by atoms with Gasteiger partial charge in [-0.15, -0.1) is 0 Å². The van der Waals surface area contributed by atoms with Crippen LogP contribution >= 0.6 is 0 Å². The van der Waals surface area contributed by atoms with Gasteiger partial charge in [0.05, 0.1) is 10.7 Å². The van der Waals surface area contributed by atoms with E-state index in [-0.39, 0.29) is 5.91 Å². The minimum absolute atomic E-state index is 0.0839. The SMILES string of the molecule is CC(Cc1nc2c3n1CCNC(=O)C=3CCC=2)c1ccccc1. The van der Waals surface area contributed by atoms with Crippen LogP contribution in [0.2, 0.25) is 0 Å². The van der Waals surface area contributed by atoms with Crippen LogP contribution in [0.5, 0.6) is 0 Å². The molecule has 0 spiro atoms. The number of amides is 1. The van der Waals surface area contributed by atoms with Crippen LogP contribution in [0, 0.1) is 0 Å². The summed E-state index contributed by atoms with van der Waals surface area (Å²) < 4.78 is 2.26. The summed E-state index contributed by atoms with van der Waals surface area (Å²) >= 11 is 0. The van der Waals surface area contributed by atoms with Crippen molar-refractivity contribution in [1.29, 1.82) is 0 Å². The molecule has 2 heterocycles. The van der Waals surface area contributed by atoms with E-state index in [0.29, 0.717) is 12.5 Å². The van der Waals surface area contributed by atoms with Crippen LogP contribution in [-0.4, -0.2) is 22.0 Å². The highest BCUT2D eigenvalue weighted by Crippen LogP contribution is 2.19. The molecule has 1 aliphatic heterocycles. The molecule has 0 radical (unpaired) electrons. The maximum absolute atomic E-state index is 12.2. The molecule has 1 N–H and O–H groups in total. The molecule has 1 amide bonds. The number of rotatable bonds is 3. The third-order valence-electron chi connectivity index (χ3n) is 4.84. The normalized spacial score (nSPS) is 17.8. The van der Waals surface area contributed by atoms with Crippen molar-refractivity contribution in [3.63, 3.8) is 0 Å². The Morgan fingerprint density at radius 3 is 2.96 bits per heavy atom. The predicted molar refractivity (Wildman–Crippen MR) is 90.2 cm³/mol. The molecule has 0 bridgehead atoms. The molecule has 0 saturated heterocycles. The summed E-state index contributed by atoms with van der Waals surface area (Å²) in [5, 5.41) is 5.07. The van der Waals surface area contributed by atoms with E-state index in [1.165, 1.54) is 5.56 Å². The number of imidazole rings is 1. The molecule has 23 heavy (non-hydrogen) atoms. The molecule has 1 unspecified atom stereocenters. The minimum Gasteiger partial charge on any atom is -0.350 e. The van der Waals surface area contributed by atoms with Gasteiger partial charge in [-0.1, -0.05) is 43.3 Å². The maximum Gasteiger partial charge on any atom is 0.249 e. The molecular weight excluding hydrogens is 286 g/mol. The molecule has 0 saturated carbocycles. The van der Waals surface area contributed by atoms with E-state index in [1.54, 1.807) is 0 Å². The van der Waals surface area contributed by atoms with Crippen molar-refractivity contribution < 1.29 is 4.79 Å².